The van der Waals surface area contributed by atoms with Gasteiger partial charge in [0.25, 0.3) is 0 Å². The molecule has 0 bridgehead atoms. The number of hydrogen-bond donors (Lipinski definition) is 1. The van der Waals surface area contributed by atoms with Crippen LogP contribution in [0.25, 0.3) is 0 Å². The number of hydrogen-bond acceptors (Lipinski definition) is 4. The van der Waals surface area contributed by atoms with E-state index in [1.54, 1.807) is 12.1 Å². The predicted molar refractivity (Wildman–Crippen MR) is 261 cm³/mol. The van der Waals surface area contributed by atoms with Crippen LogP contribution < -0.4 is 14.2 Å². The lowest BCUT2D eigenvalue weighted by Crippen LogP contribution is -2.18. The standard InChI is InChI=1S/C55H102O5/c1-7-13-19-25-28-34-40-48(37-31-22-16-10-4)45-58-52-43-51(55(56)57)44-53(59-46-49(38-32-23-17-11-5)41-35-29-26-20-14-8-2)54(52)60-47-50(39-33-24-18-12-6)42-36-30-27-21-15-9-3/h43-44,48-50H,7-42,45-47H2,1-6H3,(H,56,57). The third kappa shape index (κ3) is 30.2. The molecule has 352 valence electrons. The second-order valence-electron chi connectivity index (χ2n) is 18.9. The van der Waals surface area contributed by atoms with E-state index in [9.17, 15) is 9.90 Å². The maximum Gasteiger partial charge on any atom is 0.335 e. The Kier molecular flexibility index (Phi) is 38.5. The van der Waals surface area contributed by atoms with Gasteiger partial charge in [-0.1, -0.05) is 234 Å². The van der Waals surface area contributed by atoms with Crippen LogP contribution in [0.1, 0.15) is 283 Å². The van der Waals surface area contributed by atoms with Gasteiger partial charge in [-0.3, -0.25) is 0 Å². The molecular weight excluding hydrogens is 741 g/mol. The molecule has 0 aliphatic rings. The Morgan fingerprint density at radius 1 is 0.383 bits per heavy atom. The van der Waals surface area contributed by atoms with Gasteiger partial charge in [-0.05, 0) is 68.4 Å². The zero-order valence-corrected chi connectivity index (χ0v) is 41.0. The smallest absolute Gasteiger partial charge is 0.335 e. The molecule has 0 aliphatic carbocycles. The maximum absolute atomic E-state index is 12.7. The molecule has 60 heavy (non-hydrogen) atoms. The quantitative estimate of drug-likeness (QED) is 0.0663. The van der Waals surface area contributed by atoms with E-state index in [4.69, 9.17) is 14.2 Å². The summed E-state index contributed by atoms with van der Waals surface area (Å²) in [5, 5.41) is 10.4. The first-order valence-electron chi connectivity index (χ1n) is 26.7. The van der Waals surface area contributed by atoms with Crippen LogP contribution in [0, 0.1) is 17.8 Å². The maximum atomic E-state index is 12.7. The number of carbonyl (C=O) groups is 1. The lowest BCUT2D eigenvalue weighted by atomic mass is 9.94. The van der Waals surface area contributed by atoms with Crippen molar-refractivity contribution in [1.29, 1.82) is 0 Å². The van der Waals surface area contributed by atoms with Crippen molar-refractivity contribution in [2.75, 3.05) is 19.8 Å². The molecule has 0 amide bonds. The highest BCUT2D eigenvalue weighted by molar-refractivity contribution is 5.89. The van der Waals surface area contributed by atoms with E-state index in [0.29, 0.717) is 54.8 Å². The molecule has 0 saturated carbocycles. The molecular formula is C55H102O5. The second-order valence-corrected chi connectivity index (χ2v) is 18.9. The molecule has 0 radical (unpaired) electrons. The fourth-order valence-corrected chi connectivity index (χ4v) is 8.83. The highest BCUT2D eigenvalue weighted by Crippen LogP contribution is 2.41. The minimum Gasteiger partial charge on any atom is -0.489 e. The summed E-state index contributed by atoms with van der Waals surface area (Å²) in [7, 11) is 0. The Balaban J connectivity index is 3.44. The Morgan fingerprint density at radius 3 is 0.883 bits per heavy atom. The zero-order valence-electron chi connectivity index (χ0n) is 41.0. The van der Waals surface area contributed by atoms with Crippen molar-refractivity contribution in [3.63, 3.8) is 0 Å². The van der Waals surface area contributed by atoms with Crippen molar-refractivity contribution < 1.29 is 24.1 Å². The number of benzene rings is 1. The van der Waals surface area contributed by atoms with Crippen molar-refractivity contribution >= 4 is 5.97 Å². The molecule has 3 atom stereocenters. The molecule has 0 aliphatic heterocycles. The van der Waals surface area contributed by atoms with E-state index in [2.05, 4.69) is 41.5 Å². The molecule has 0 spiro atoms. The molecule has 1 rings (SSSR count). The van der Waals surface area contributed by atoms with Gasteiger partial charge >= 0.3 is 5.97 Å². The summed E-state index contributed by atoms with van der Waals surface area (Å²) in [6.07, 6.45) is 45.3. The van der Waals surface area contributed by atoms with Crippen LogP contribution >= 0.6 is 0 Å². The third-order valence-electron chi connectivity index (χ3n) is 13.0. The summed E-state index contributed by atoms with van der Waals surface area (Å²) in [6, 6.07) is 3.46. The van der Waals surface area contributed by atoms with Gasteiger partial charge in [0, 0.05) is 0 Å². The van der Waals surface area contributed by atoms with Crippen LogP contribution in [0.4, 0.5) is 0 Å². The normalized spacial score (nSPS) is 13.0. The van der Waals surface area contributed by atoms with Gasteiger partial charge in [-0.15, -0.1) is 0 Å². The summed E-state index contributed by atoms with van der Waals surface area (Å²) in [4.78, 5) is 12.7. The molecule has 0 aromatic heterocycles. The van der Waals surface area contributed by atoms with Gasteiger partial charge in [0.15, 0.2) is 11.5 Å². The molecule has 1 N–H and O–H groups in total. The second kappa shape index (κ2) is 41.1. The van der Waals surface area contributed by atoms with Crippen LogP contribution in [0.5, 0.6) is 17.2 Å². The highest BCUT2D eigenvalue weighted by Gasteiger charge is 2.23. The van der Waals surface area contributed by atoms with Crippen molar-refractivity contribution in [3.8, 4) is 17.2 Å². The van der Waals surface area contributed by atoms with E-state index in [0.717, 1.165) is 25.7 Å². The molecule has 5 nitrogen and oxygen atoms in total. The number of aromatic carboxylic acids is 1. The van der Waals surface area contributed by atoms with Crippen molar-refractivity contribution in [2.24, 2.45) is 17.8 Å². The average molecular weight is 843 g/mol. The lowest BCUT2D eigenvalue weighted by molar-refractivity contribution is 0.0695. The molecule has 5 heteroatoms. The van der Waals surface area contributed by atoms with Crippen molar-refractivity contribution in [1.82, 2.24) is 0 Å². The van der Waals surface area contributed by atoms with Crippen LogP contribution in [0.3, 0.4) is 0 Å². The first-order chi connectivity index (χ1) is 29.4. The van der Waals surface area contributed by atoms with Gasteiger partial charge in [0.05, 0.1) is 25.4 Å². The van der Waals surface area contributed by atoms with Crippen molar-refractivity contribution in [3.05, 3.63) is 17.7 Å². The largest absolute Gasteiger partial charge is 0.489 e. The monoisotopic (exact) mass is 843 g/mol. The summed E-state index contributed by atoms with van der Waals surface area (Å²) in [5.74, 6) is 2.17. The Hall–Kier alpha value is -1.91. The molecule has 1 aromatic carbocycles. The van der Waals surface area contributed by atoms with E-state index in [1.165, 1.54) is 205 Å². The van der Waals surface area contributed by atoms with Gasteiger partial charge < -0.3 is 19.3 Å². The number of rotatable bonds is 46. The fourth-order valence-electron chi connectivity index (χ4n) is 8.83. The first-order valence-corrected chi connectivity index (χ1v) is 26.7. The summed E-state index contributed by atoms with van der Waals surface area (Å²) >= 11 is 0. The van der Waals surface area contributed by atoms with E-state index >= 15 is 0 Å². The average Bonchev–Trinajstić information content (AvgIpc) is 3.25. The van der Waals surface area contributed by atoms with Gasteiger partial charge in [0.1, 0.15) is 0 Å². The van der Waals surface area contributed by atoms with Gasteiger partial charge in [-0.25, -0.2) is 4.79 Å². The summed E-state index contributed by atoms with van der Waals surface area (Å²) in [6.45, 7) is 15.5. The number of carboxylic acid groups (broad SMARTS) is 1. The molecule has 1 aromatic rings. The van der Waals surface area contributed by atoms with Crippen molar-refractivity contribution in [2.45, 2.75) is 273 Å². The van der Waals surface area contributed by atoms with Crippen LogP contribution in [0.15, 0.2) is 12.1 Å². The van der Waals surface area contributed by atoms with E-state index in [-0.39, 0.29) is 5.56 Å². The topological polar surface area (TPSA) is 65.0 Å². The Labute approximate surface area is 374 Å². The number of carboxylic acids is 1. The molecule has 3 unspecified atom stereocenters. The van der Waals surface area contributed by atoms with Gasteiger partial charge in [0.2, 0.25) is 5.75 Å². The number of ether oxygens (including phenoxy) is 3. The van der Waals surface area contributed by atoms with Crippen LogP contribution in [0.2, 0.25) is 0 Å². The lowest BCUT2D eigenvalue weighted by Gasteiger charge is -2.24. The molecule has 0 fully saturated rings. The Morgan fingerprint density at radius 2 is 0.617 bits per heavy atom. The summed E-state index contributed by atoms with van der Waals surface area (Å²) in [5.41, 5.74) is 0.224. The predicted octanol–water partition coefficient (Wildman–Crippen LogP) is 18.5. The van der Waals surface area contributed by atoms with Crippen LogP contribution in [-0.4, -0.2) is 30.9 Å². The molecule has 0 saturated heterocycles. The summed E-state index contributed by atoms with van der Waals surface area (Å²) < 4.78 is 20.6. The van der Waals surface area contributed by atoms with E-state index in [1.807, 2.05) is 0 Å². The SMILES string of the molecule is CCCCCCCCC(CCCCCC)COc1cc(C(=O)O)cc(OCC(CCCCCC)CCCCCCCC)c1OCC(CCCCCC)CCCCCCCC. The molecule has 0 heterocycles. The van der Waals surface area contributed by atoms with Crippen LogP contribution in [-0.2, 0) is 0 Å². The van der Waals surface area contributed by atoms with Gasteiger partial charge in [-0.2, -0.15) is 0 Å². The van der Waals surface area contributed by atoms with E-state index < -0.39 is 5.97 Å². The first kappa shape index (κ1) is 56.1. The Bertz CT molecular complexity index is 1030. The minimum atomic E-state index is -0.945. The zero-order chi connectivity index (χ0) is 43.7. The highest BCUT2D eigenvalue weighted by atomic mass is 16.5. The third-order valence-corrected chi connectivity index (χ3v) is 13.0. The number of unbranched alkanes of at least 4 members (excludes halogenated alkanes) is 24. The minimum absolute atomic E-state index is 0.224. The fraction of sp³-hybridized carbons (Fsp3) is 0.873.